The number of halogens is 1. The zero-order valence-electron chi connectivity index (χ0n) is 11.2. The predicted octanol–water partition coefficient (Wildman–Crippen LogP) is 1.50. The Hall–Kier alpha value is -1.62. The minimum Gasteiger partial charge on any atom is -0.496 e. The van der Waals surface area contributed by atoms with E-state index in [1.165, 1.54) is 19.1 Å². The van der Waals surface area contributed by atoms with Crippen LogP contribution in [0.1, 0.15) is 24.8 Å². The third-order valence-corrected chi connectivity index (χ3v) is 3.70. The van der Waals surface area contributed by atoms with Crippen LogP contribution in [0.15, 0.2) is 18.2 Å². The number of likely N-dealkylation sites (tertiary alicyclic amines) is 1. The van der Waals surface area contributed by atoms with Gasteiger partial charge >= 0.3 is 0 Å². The standard InChI is InChI=1S/C14H19FN2O2/c1-9(18)17-6-5-13(16)12(8-17)11-7-10(15)3-4-14(11)19-2/h3-4,7,12-13H,5-6,8,16H2,1-2H3. The van der Waals surface area contributed by atoms with Crippen LogP contribution in [0.5, 0.6) is 5.75 Å². The van der Waals surface area contributed by atoms with Crippen LogP contribution >= 0.6 is 0 Å². The second-order valence-electron chi connectivity index (χ2n) is 4.91. The molecule has 2 N–H and O–H groups in total. The Morgan fingerprint density at radius 3 is 2.89 bits per heavy atom. The van der Waals surface area contributed by atoms with E-state index in [0.29, 0.717) is 25.3 Å². The lowest BCUT2D eigenvalue weighted by molar-refractivity contribution is -0.130. The fourth-order valence-corrected chi connectivity index (χ4v) is 2.58. The summed E-state index contributed by atoms with van der Waals surface area (Å²) in [4.78, 5) is 13.2. The van der Waals surface area contributed by atoms with Crippen molar-refractivity contribution in [1.29, 1.82) is 0 Å². The van der Waals surface area contributed by atoms with Gasteiger partial charge in [0.2, 0.25) is 5.91 Å². The first kappa shape index (κ1) is 13.8. The van der Waals surface area contributed by atoms with E-state index in [4.69, 9.17) is 10.5 Å². The van der Waals surface area contributed by atoms with Gasteiger partial charge in [0, 0.05) is 37.5 Å². The Kier molecular flexibility index (Phi) is 4.04. The highest BCUT2D eigenvalue weighted by atomic mass is 19.1. The predicted molar refractivity (Wildman–Crippen MR) is 70.5 cm³/mol. The largest absolute Gasteiger partial charge is 0.496 e. The lowest BCUT2D eigenvalue weighted by Crippen LogP contribution is -2.47. The van der Waals surface area contributed by atoms with Gasteiger partial charge < -0.3 is 15.4 Å². The molecule has 1 saturated heterocycles. The number of rotatable bonds is 2. The van der Waals surface area contributed by atoms with Crippen LogP contribution in [0.3, 0.4) is 0 Å². The van der Waals surface area contributed by atoms with Crippen LogP contribution < -0.4 is 10.5 Å². The first-order valence-electron chi connectivity index (χ1n) is 6.37. The van der Waals surface area contributed by atoms with Gasteiger partial charge in [0.1, 0.15) is 11.6 Å². The lowest BCUT2D eigenvalue weighted by Gasteiger charge is -2.37. The summed E-state index contributed by atoms with van der Waals surface area (Å²) in [7, 11) is 1.55. The van der Waals surface area contributed by atoms with Crippen molar-refractivity contribution in [2.45, 2.75) is 25.3 Å². The average molecular weight is 266 g/mol. The first-order valence-corrected chi connectivity index (χ1v) is 6.37. The molecule has 1 amide bonds. The monoisotopic (exact) mass is 266 g/mol. The van der Waals surface area contributed by atoms with Crippen LogP contribution in [-0.2, 0) is 4.79 Å². The topological polar surface area (TPSA) is 55.6 Å². The van der Waals surface area contributed by atoms with Crippen molar-refractivity contribution in [1.82, 2.24) is 4.90 Å². The summed E-state index contributed by atoms with van der Waals surface area (Å²) < 4.78 is 18.7. The van der Waals surface area contributed by atoms with Crippen LogP contribution in [0, 0.1) is 5.82 Å². The summed E-state index contributed by atoms with van der Waals surface area (Å²) >= 11 is 0. The number of carbonyl (C=O) groups is 1. The van der Waals surface area contributed by atoms with Crippen molar-refractivity contribution in [3.05, 3.63) is 29.6 Å². The van der Waals surface area contributed by atoms with E-state index in [2.05, 4.69) is 0 Å². The van der Waals surface area contributed by atoms with Gasteiger partial charge in [-0.1, -0.05) is 0 Å². The van der Waals surface area contributed by atoms with Crippen molar-refractivity contribution in [3.8, 4) is 5.75 Å². The molecular weight excluding hydrogens is 247 g/mol. The van der Waals surface area contributed by atoms with Gasteiger partial charge in [-0.3, -0.25) is 4.79 Å². The van der Waals surface area contributed by atoms with Gasteiger partial charge in [0.25, 0.3) is 0 Å². The van der Waals surface area contributed by atoms with Gasteiger partial charge in [-0.05, 0) is 24.6 Å². The number of nitrogens with two attached hydrogens (primary N) is 1. The number of amides is 1. The highest BCUT2D eigenvalue weighted by molar-refractivity contribution is 5.73. The van der Waals surface area contributed by atoms with E-state index in [0.717, 1.165) is 5.56 Å². The maximum absolute atomic E-state index is 13.4. The third kappa shape index (κ3) is 2.87. The maximum atomic E-state index is 13.4. The average Bonchev–Trinajstić information content (AvgIpc) is 2.39. The molecule has 1 heterocycles. The van der Waals surface area contributed by atoms with Crippen molar-refractivity contribution in [2.24, 2.45) is 5.73 Å². The van der Waals surface area contributed by atoms with Crippen LogP contribution in [0.25, 0.3) is 0 Å². The zero-order valence-corrected chi connectivity index (χ0v) is 11.2. The molecule has 0 aromatic heterocycles. The van der Waals surface area contributed by atoms with Crippen LogP contribution in [-0.4, -0.2) is 37.0 Å². The summed E-state index contributed by atoms with van der Waals surface area (Å²) in [6.07, 6.45) is 0.712. The highest BCUT2D eigenvalue weighted by Gasteiger charge is 2.31. The molecule has 1 fully saturated rings. The number of hydrogen-bond acceptors (Lipinski definition) is 3. The van der Waals surface area contributed by atoms with Gasteiger partial charge in [-0.2, -0.15) is 0 Å². The van der Waals surface area contributed by atoms with Gasteiger partial charge in [0.15, 0.2) is 0 Å². The first-order chi connectivity index (χ1) is 9.02. The number of benzene rings is 1. The minimum atomic E-state index is -0.317. The van der Waals surface area contributed by atoms with E-state index in [1.54, 1.807) is 18.1 Å². The Labute approximate surface area is 112 Å². The van der Waals surface area contributed by atoms with Gasteiger partial charge in [-0.15, -0.1) is 0 Å². The molecule has 5 heteroatoms. The van der Waals surface area contributed by atoms with Crippen LogP contribution in [0.2, 0.25) is 0 Å². The van der Waals surface area contributed by atoms with Crippen molar-refractivity contribution in [3.63, 3.8) is 0 Å². The molecule has 0 bridgehead atoms. The number of piperidine rings is 1. The van der Waals surface area contributed by atoms with E-state index in [-0.39, 0.29) is 23.7 Å². The molecule has 104 valence electrons. The molecule has 1 aliphatic heterocycles. The molecular formula is C14H19FN2O2. The fourth-order valence-electron chi connectivity index (χ4n) is 2.58. The molecule has 19 heavy (non-hydrogen) atoms. The smallest absolute Gasteiger partial charge is 0.219 e. The molecule has 1 aromatic rings. The molecule has 0 aliphatic carbocycles. The third-order valence-electron chi connectivity index (χ3n) is 3.70. The van der Waals surface area contributed by atoms with E-state index in [9.17, 15) is 9.18 Å². The number of nitrogens with zero attached hydrogens (tertiary/aromatic N) is 1. The summed E-state index contributed by atoms with van der Waals surface area (Å²) in [5.74, 6) is 0.228. The molecule has 0 spiro atoms. The highest BCUT2D eigenvalue weighted by Crippen LogP contribution is 2.33. The molecule has 2 rings (SSSR count). The fraction of sp³-hybridized carbons (Fsp3) is 0.500. The molecule has 0 radical (unpaired) electrons. The zero-order chi connectivity index (χ0) is 14.0. The summed E-state index contributed by atoms with van der Waals surface area (Å²) in [6.45, 7) is 2.71. The normalized spacial score (nSPS) is 23.3. The molecule has 0 saturated carbocycles. The van der Waals surface area contributed by atoms with Crippen LogP contribution in [0.4, 0.5) is 4.39 Å². The molecule has 4 nitrogen and oxygen atoms in total. The van der Waals surface area contributed by atoms with E-state index >= 15 is 0 Å². The maximum Gasteiger partial charge on any atom is 0.219 e. The van der Waals surface area contributed by atoms with Crippen molar-refractivity contribution < 1.29 is 13.9 Å². The number of ether oxygens (including phenoxy) is 1. The summed E-state index contributed by atoms with van der Waals surface area (Å²) in [5, 5.41) is 0. The second kappa shape index (κ2) is 5.57. The van der Waals surface area contributed by atoms with E-state index in [1.807, 2.05) is 0 Å². The van der Waals surface area contributed by atoms with E-state index < -0.39 is 0 Å². The molecule has 2 unspecified atom stereocenters. The Bertz CT molecular complexity index is 479. The quantitative estimate of drug-likeness (QED) is 0.882. The number of methoxy groups -OCH3 is 1. The molecule has 1 aromatic carbocycles. The van der Waals surface area contributed by atoms with Crippen molar-refractivity contribution in [2.75, 3.05) is 20.2 Å². The summed E-state index contributed by atoms with van der Waals surface area (Å²) in [6, 6.07) is 4.32. The van der Waals surface area contributed by atoms with Gasteiger partial charge in [-0.25, -0.2) is 4.39 Å². The lowest BCUT2D eigenvalue weighted by atomic mass is 9.86. The summed E-state index contributed by atoms with van der Waals surface area (Å²) in [5.41, 5.74) is 6.87. The minimum absolute atomic E-state index is 0.0206. The van der Waals surface area contributed by atoms with Gasteiger partial charge in [0.05, 0.1) is 7.11 Å². The Balaban J connectivity index is 2.32. The Morgan fingerprint density at radius 1 is 1.53 bits per heavy atom. The molecule has 2 atom stereocenters. The second-order valence-corrected chi connectivity index (χ2v) is 4.91. The number of carbonyl (C=O) groups excluding carboxylic acids is 1. The van der Waals surface area contributed by atoms with Crippen molar-refractivity contribution >= 4 is 5.91 Å². The molecule has 1 aliphatic rings. The number of hydrogen-bond donors (Lipinski definition) is 1. The SMILES string of the molecule is COc1ccc(F)cc1C1CN(C(C)=O)CCC1N. The Morgan fingerprint density at radius 2 is 2.26 bits per heavy atom.